The highest BCUT2D eigenvalue weighted by molar-refractivity contribution is 5.99. The molecular formula is C17H22F3N3O3. The topological polar surface area (TPSA) is 70.7 Å². The Kier molecular flexibility index (Phi) is 5.92. The Labute approximate surface area is 149 Å². The van der Waals surface area contributed by atoms with E-state index in [4.69, 9.17) is 4.84 Å². The number of hydrogen-bond donors (Lipinski definition) is 2. The molecule has 2 N–H and O–H groups in total. The second-order valence-corrected chi connectivity index (χ2v) is 7.08. The molecule has 1 aromatic rings. The van der Waals surface area contributed by atoms with Crippen molar-refractivity contribution in [2.75, 3.05) is 18.1 Å². The van der Waals surface area contributed by atoms with Crippen LogP contribution in [0, 0.1) is 0 Å². The summed E-state index contributed by atoms with van der Waals surface area (Å²) in [5.41, 5.74) is 1.78. The van der Waals surface area contributed by atoms with Crippen LogP contribution >= 0.6 is 0 Å². The van der Waals surface area contributed by atoms with Crippen molar-refractivity contribution >= 4 is 17.5 Å². The Hall–Kier alpha value is -2.13. The largest absolute Gasteiger partial charge is 0.416 e. The number of carbonyl (C=O) groups is 2. The monoisotopic (exact) mass is 373 g/mol. The number of halogens is 3. The summed E-state index contributed by atoms with van der Waals surface area (Å²) in [6.45, 7) is 5.60. The van der Waals surface area contributed by atoms with Gasteiger partial charge < -0.3 is 10.2 Å². The molecule has 0 aromatic heterocycles. The number of hydroxylamine groups is 1. The van der Waals surface area contributed by atoms with Crippen LogP contribution in [-0.2, 0) is 20.6 Å². The van der Waals surface area contributed by atoms with Crippen LogP contribution in [0.15, 0.2) is 24.3 Å². The zero-order chi connectivity index (χ0) is 19.5. The molecule has 2 rings (SSSR count). The van der Waals surface area contributed by atoms with Gasteiger partial charge in [0, 0.05) is 17.8 Å². The van der Waals surface area contributed by atoms with E-state index in [2.05, 4.69) is 10.8 Å². The third kappa shape index (κ3) is 5.43. The average Bonchev–Trinajstić information content (AvgIpc) is 2.86. The number of alkyl halides is 3. The minimum atomic E-state index is -4.42. The maximum atomic E-state index is 12.6. The third-order valence-electron chi connectivity index (χ3n) is 3.66. The van der Waals surface area contributed by atoms with Gasteiger partial charge in [0.2, 0.25) is 11.8 Å². The summed E-state index contributed by atoms with van der Waals surface area (Å²) in [5, 5.41) is 2.72. The molecule has 1 aliphatic heterocycles. The first-order valence-electron chi connectivity index (χ1n) is 8.14. The molecule has 2 amide bonds. The van der Waals surface area contributed by atoms with Crippen molar-refractivity contribution in [1.82, 2.24) is 10.8 Å². The van der Waals surface area contributed by atoms with Gasteiger partial charge in [0.05, 0.1) is 5.56 Å². The predicted molar refractivity (Wildman–Crippen MR) is 89.2 cm³/mol. The van der Waals surface area contributed by atoms with E-state index in [1.54, 1.807) is 0 Å². The summed E-state index contributed by atoms with van der Waals surface area (Å²) < 4.78 is 37.8. The summed E-state index contributed by atoms with van der Waals surface area (Å²) in [5.74, 6) is -0.643. The third-order valence-corrected chi connectivity index (χ3v) is 3.66. The van der Waals surface area contributed by atoms with Crippen LogP contribution in [0.25, 0.3) is 0 Å². The molecule has 9 heteroatoms. The lowest BCUT2D eigenvalue weighted by molar-refractivity contribution is -0.137. The van der Waals surface area contributed by atoms with E-state index in [9.17, 15) is 22.8 Å². The number of benzene rings is 1. The van der Waals surface area contributed by atoms with Crippen molar-refractivity contribution in [3.05, 3.63) is 29.8 Å². The number of anilines is 1. The molecule has 0 radical (unpaired) electrons. The number of carbonyl (C=O) groups excluding carboxylic acids is 2. The van der Waals surface area contributed by atoms with Gasteiger partial charge in [-0.1, -0.05) is 0 Å². The van der Waals surface area contributed by atoms with Gasteiger partial charge in [-0.2, -0.15) is 18.7 Å². The Bertz CT molecular complexity index is 654. The second kappa shape index (κ2) is 7.63. The highest BCUT2D eigenvalue weighted by atomic mass is 19.4. The summed E-state index contributed by atoms with van der Waals surface area (Å²) in [6, 6.07) is 3.76. The first-order valence-corrected chi connectivity index (χ1v) is 8.14. The minimum Gasteiger partial charge on any atom is -0.349 e. The fourth-order valence-corrected chi connectivity index (χ4v) is 2.54. The number of rotatable bonds is 5. The van der Waals surface area contributed by atoms with Crippen LogP contribution in [0.5, 0.6) is 0 Å². The van der Waals surface area contributed by atoms with Gasteiger partial charge in [0.25, 0.3) is 0 Å². The first-order chi connectivity index (χ1) is 12.0. The molecular weight excluding hydrogens is 351 g/mol. The van der Waals surface area contributed by atoms with Crippen molar-refractivity contribution in [1.29, 1.82) is 0 Å². The number of nitrogens with one attached hydrogen (secondary N) is 2. The Morgan fingerprint density at radius 1 is 1.23 bits per heavy atom. The molecule has 1 heterocycles. The van der Waals surface area contributed by atoms with Crippen LogP contribution in [0.1, 0.15) is 32.8 Å². The predicted octanol–water partition coefficient (Wildman–Crippen LogP) is 2.25. The second-order valence-electron chi connectivity index (χ2n) is 7.08. The highest BCUT2D eigenvalue weighted by Crippen LogP contribution is 2.31. The molecule has 6 nitrogen and oxygen atoms in total. The van der Waals surface area contributed by atoms with E-state index in [1.807, 2.05) is 20.8 Å². The van der Waals surface area contributed by atoms with Crippen LogP contribution < -0.4 is 15.7 Å². The van der Waals surface area contributed by atoms with Crippen LogP contribution in [0.4, 0.5) is 18.9 Å². The minimum absolute atomic E-state index is 0.249. The van der Waals surface area contributed by atoms with Crippen molar-refractivity contribution in [3.8, 4) is 0 Å². The number of nitrogens with zero attached hydrogens (tertiary/aromatic N) is 1. The van der Waals surface area contributed by atoms with Crippen molar-refractivity contribution < 1.29 is 27.6 Å². The fraction of sp³-hybridized carbons (Fsp3) is 0.529. The van der Waals surface area contributed by atoms with Crippen LogP contribution in [0.2, 0.25) is 0 Å². The molecule has 1 unspecified atom stereocenters. The zero-order valence-electron chi connectivity index (χ0n) is 14.8. The van der Waals surface area contributed by atoms with Gasteiger partial charge in [-0.3, -0.25) is 14.4 Å². The van der Waals surface area contributed by atoms with Gasteiger partial charge in [-0.15, -0.1) is 0 Å². The lowest BCUT2D eigenvalue weighted by Crippen LogP contribution is -2.45. The first kappa shape index (κ1) is 20.2. The van der Waals surface area contributed by atoms with E-state index < -0.39 is 17.8 Å². The summed E-state index contributed by atoms with van der Waals surface area (Å²) in [6.07, 6.45) is -4.00. The molecule has 1 fully saturated rings. The SMILES string of the molecule is CC(C)(C)NC(=O)CONC1CCN(c2ccc(C(F)(F)F)cc2)C1=O. The Balaban J connectivity index is 1.87. The molecule has 1 aliphatic rings. The van der Waals surface area contributed by atoms with E-state index in [1.165, 1.54) is 17.0 Å². The standard InChI is InChI=1S/C17H22F3N3O3/c1-16(2,3)21-14(24)10-26-22-13-8-9-23(15(13)25)12-6-4-11(5-7-12)17(18,19)20/h4-7,13,22H,8-10H2,1-3H3,(H,21,24). The number of amides is 2. The normalized spacial score (nSPS) is 18.3. The van der Waals surface area contributed by atoms with E-state index in [-0.39, 0.29) is 24.0 Å². The molecule has 0 spiro atoms. The maximum absolute atomic E-state index is 12.6. The smallest absolute Gasteiger partial charge is 0.349 e. The lowest BCUT2D eigenvalue weighted by atomic mass is 10.1. The molecule has 144 valence electrons. The molecule has 0 saturated carbocycles. The molecule has 26 heavy (non-hydrogen) atoms. The molecule has 1 atom stereocenters. The van der Waals surface area contributed by atoms with Gasteiger partial charge in [0.15, 0.2) is 0 Å². The van der Waals surface area contributed by atoms with E-state index in [0.717, 1.165) is 12.1 Å². The van der Waals surface area contributed by atoms with Crippen LogP contribution in [-0.4, -0.2) is 36.5 Å². The van der Waals surface area contributed by atoms with Gasteiger partial charge in [0.1, 0.15) is 12.6 Å². The Morgan fingerprint density at radius 3 is 2.38 bits per heavy atom. The van der Waals surface area contributed by atoms with E-state index >= 15 is 0 Å². The fourth-order valence-electron chi connectivity index (χ4n) is 2.54. The summed E-state index contributed by atoms with van der Waals surface area (Å²) in [4.78, 5) is 30.5. The van der Waals surface area contributed by atoms with Gasteiger partial charge in [-0.25, -0.2) is 0 Å². The van der Waals surface area contributed by atoms with Crippen molar-refractivity contribution in [3.63, 3.8) is 0 Å². The zero-order valence-corrected chi connectivity index (χ0v) is 14.8. The van der Waals surface area contributed by atoms with Crippen molar-refractivity contribution in [2.24, 2.45) is 0 Å². The molecule has 1 aromatic carbocycles. The van der Waals surface area contributed by atoms with Crippen LogP contribution in [0.3, 0.4) is 0 Å². The summed E-state index contributed by atoms with van der Waals surface area (Å²) >= 11 is 0. The van der Waals surface area contributed by atoms with Gasteiger partial charge >= 0.3 is 6.18 Å². The lowest BCUT2D eigenvalue weighted by Gasteiger charge is -2.21. The van der Waals surface area contributed by atoms with Crippen molar-refractivity contribution in [2.45, 2.75) is 44.9 Å². The molecule has 0 aliphatic carbocycles. The van der Waals surface area contributed by atoms with E-state index in [0.29, 0.717) is 18.7 Å². The Morgan fingerprint density at radius 2 is 1.85 bits per heavy atom. The maximum Gasteiger partial charge on any atom is 0.416 e. The quantitative estimate of drug-likeness (QED) is 0.777. The number of hydrogen-bond acceptors (Lipinski definition) is 4. The summed E-state index contributed by atoms with van der Waals surface area (Å²) in [7, 11) is 0. The average molecular weight is 373 g/mol. The molecule has 0 bridgehead atoms. The highest BCUT2D eigenvalue weighted by Gasteiger charge is 2.34. The van der Waals surface area contributed by atoms with Gasteiger partial charge in [-0.05, 0) is 51.5 Å². The molecule has 1 saturated heterocycles.